The number of nitrogens with one attached hydrogen (secondary N) is 1. The second kappa shape index (κ2) is 7.58. The van der Waals surface area contributed by atoms with Crippen LogP contribution < -0.4 is 10.2 Å². The number of aliphatic hydroxyl groups is 1. The summed E-state index contributed by atoms with van der Waals surface area (Å²) >= 11 is 0. The van der Waals surface area contributed by atoms with Crippen LogP contribution in [0.4, 0.5) is 11.4 Å². The first-order chi connectivity index (χ1) is 12.1. The van der Waals surface area contributed by atoms with Crippen molar-refractivity contribution in [1.29, 1.82) is 5.26 Å². The number of aliphatic hydroxyl groups excluding tert-OH is 1. The fourth-order valence-corrected chi connectivity index (χ4v) is 3.50. The van der Waals surface area contributed by atoms with Crippen molar-refractivity contribution in [1.82, 2.24) is 0 Å². The minimum atomic E-state index is -0.210. The van der Waals surface area contributed by atoms with Crippen molar-refractivity contribution in [3.8, 4) is 6.07 Å². The molecule has 0 spiro atoms. The zero-order valence-electron chi connectivity index (χ0n) is 14.9. The van der Waals surface area contributed by atoms with E-state index in [9.17, 15) is 10.4 Å². The highest BCUT2D eigenvalue weighted by Gasteiger charge is 2.20. The SMILES string of the molecule is Cc1ccccc1C(C)Nc1ccc(N2CCC(O)CC2)c(C#N)c1. The summed E-state index contributed by atoms with van der Waals surface area (Å²) in [6.07, 6.45) is 1.31. The summed E-state index contributed by atoms with van der Waals surface area (Å²) in [7, 11) is 0. The van der Waals surface area contributed by atoms with Crippen molar-refractivity contribution < 1.29 is 5.11 Å². The largest absolute Gasteiger partial charge is 0.393 e. The summed E-state index contributed by atoms with van der Waals surface area (Å²) in [6, 6.07) is 16.8. The van der Waals surface area contributed by atoms with Gasteiger partial charge in [0.15, 0.2) is 0 Å². The smallest absolute Gasteiger partial charge is 0.101 e. The third-order valence-electron chi connectivity index (χ3n) is 4.96. The highest BCUT2D eigenvalue weighted by Crippen LogP contribution is 2.29. The van der Waals surface area contributed by atoms with E-state index in [0.717, 1.165) is 37.3 Å². The minimum Gasteiger partial charge on any atom is -0.393 e. The predicted molar refractivity (Wildman–Crippen MR) is 102 cm³/mol. The third kappa shape index (κ3) is 3.94. The van der Waals surface area contributed by atoms with Crippen LogP contribution in [0.3, 0.4) is 0 Å². The minimum absolute atomic E-state index is 0.170. The van der Waals surface area contributed by atoms with Gasteiger partial charge >= 0.3 is 0 Å². The molecule has 0 radical (unpaired) electrons. The Bertz CT molecular complexity index is 773. The Hall–Kier alpha value is -2.51. The molecule has 1 heterocycles. The van der Waals surface area contributed by atoms with E-state index < -0.39 is 0 Å². The fourth-order valence-electron chi connectivity index (χ4n) is 3.50. The van der Waals surface area contributed by atoms with Crippen LogP contribution in [0.25, 0.3) is 0 Å². The van der Waals surface area contributed by atoms with Gasteiger partial charge in [-0.2, -0.15) is 5.26 Å². The second-order valence-electron chi connectivity index (χ2n) is 6.78. The summed E-state index contributed by atoms with van der Waals surface area (Å²) in [6.45, 7) is 5.83. The summed E-state index contributed by atoms with van der Waals surface area (Å²) in [5.41, 5.74) is 5.11. The topological polar surface area (TPSA) is 59.3 Å². The van der Waals surface area contributed by atoms with Gasteiger partial charge in [0.1, 0.15) is 6.07 Å². The van der Waals surface area contributed by atoms with Crippen molar-refractivity contribution >= 4 is 11.4 Å². The van der Waals surface area contributed by atoms with Gasteiger partial charge in [-0.25, -0.2) is 0 Å². The van der Waals surface area contributed by atoms with Crippen molar-refractivity contribution in [2.75, 3.05) is 23.3 Å². The first-order valence-corrected chi connectivity index (χ1v) is 8.87. The maximum absolute atomic E-state index is 9.67. The Kier molecular flexibility index (Phi) is 5.25. The summed E-state index contributed by atoms with van der Waals surface area (Å²) in [5.74, 6) is 0. The number of nitriles is 1. The molecule has 3 rings (SSSR count). The normalized spacial score (nSPS) is 16.3. The number of aryl methyl sites for hydroxylation is 1. The molecule has 0 amide bonds. The molecule has 0 saturated carbocycles. The van der Waals surface area contributed by atoms with Crippen molar-refractivity contribution in [2.24, 2.45) is 0 Å². The molecular weight excluding hydrogens is 310 g/mol. The molecule has 1 fully saturated rings. The van der Waals surface area contributed by atoms with Gasteiger partial charge in [0, 0.05) is 24.8 Å². The molecule has 2 aromatic carbocycles. The standard InChI is InChI=1S/C21H25N3O/c1-15-5-3-4-6-20(15)16(2)23-18-7-8-21(17(13-18)14-22)24-11-9-19(25)10-12-24/h3-8,13,16,19,23,25H,9-12H2,1-2H3. The molecular formula is C21H25N3O. The van der Waals surface area contributed by atoms with E-state index in [-0.39, 0.29) is 12.1 Å². The lowest BCUT2D eigenvalue weighted by atomic mass is 10.0. The van der Waals surface area contributed by atoms with E-state index in [1.54, 1.807) is 0 Å². The van der Waals surface area contributed by atoms with Gasteiger partial charge in [-0.3, -0.25) is 0 Å². The average Bonchev–Trinajstić information content (AvgIpc) is 2.62. The Morgan fingerprint density at radius 1 is 1.20 bits per heavy atom. The molecule has 130 valence electrons. The van der Waals surface area contributed by atoms with Gasteiger partial charge in [0.05, 0.1) is 17.4 Å². The predicted octanol–water partition coefficient (Wildman–Crippen LogP) is 4.00. The third-order valence-corrected chi connectivity index (χ3v) is 4.96. The highest BCUT2D eigenvalue weighted by atomic mass is 16.3. The van der Waals surface area contributed by atoms with Gasteiger partial charge in [-0.1, -0.05) is 24.3 Å². The lowest BCUT2D eigenvalue weighted by molar-refractivity contribution is 0.145. The number of nitrogens with zero attached hydrogens (tertiary/aromatic N) is 2. The summed E-state index contributed by atoms with van der Waals surface area (Å²) in [5, 5.41) is 22.7. The first kappa shape index (κ1) is 17.3. The molecule has 1 saturated heterocycles. The van der Waals surface area contributed by atoms with E-state index in [1.165, 1.54) is 11.1 Å². The zero-order chi connectivity index (χ0) is 17.8. The lowest BCUT2D eigenvalue weighted by Crippen LogP contribution is -2.36. The number of rotatable bonds is 4. The number of piperidine rings is 1. The Morgan fingerprint density at radius 3 is 2.60 bits per heavy atom. The summed E-state index contributed by atoms with van der Waals surface area (Å²) in [4.78, 5) is 2.19. The molecule has 25 heavy (non-hydrogen) atoms. The van der Waals surface area contributed by atoms with E-state index in [1.807, 2.05) is 24.3 Å². The Morgan fingerprint density at radius 2 is 1.92 bits per heavy atom. The molecule has 4 heteroatoms. The zero-order valence-corrected chi connectivity index (χ0v) is 14.9. The molecule has 1 aliphatic rings. The molecule has 0 aromatic heterocycles. The average molecular weight is 335 g/mol. The number of anilines is 2. The second-order valence-corrected chi connectivity index (χ2v) is 6.78. The van der Waals surface area contributed by atoms with Crippen LogP contribution >= 0.6 is 0 Å². The number of hydrogen-bond acceptors (Lipinski definition) is 4. The van der Waals surface area contributed by atoms with Crippen molar-refractivity contribution in [3.05, 3.63) is 59.2 Å². The van der Waals surface area contributed by atoms with Crippen LogP contribution in [0.15, 0.2) is 42.5 Å². The quantitative estimate of drug-likeness (QED) is 0.886. The van der Waals surface area contributed by atoms with Gasteiger partial charge in [-0.05, 0) is 56.0 Å². The van der Waals surface area contributed by atoms with E-state index in [4.69, 9.17) is 0 Å². The highest BCUT2D eigenvalue weighted by molar-refractivity contribution is 5.66. The fraction of sp³-hybridized carbons (Fsp3) is 0.381. The van der Waals surface area contributed by atoms with Gasteiger partial charge < -0.3 is 15.3 Å². The summed E-state index contributed by atoms with van der Waals surface area (Å²) < 4.78 is 0. The molecule has 4 nitrogen and oxygen atoms in total. The first-order valence-electron chi connectivity index (χ1n) is 8.87. The van der Waals surface area contributed by atoms with Crippen LogP contribution in [0.2, 0.25) is 0 Å². The van der Waals surface area contributed by atoms with Crippen molar-refractivity contribution in [2.45, 2.75) is 38.8 Å². The molecule has 0 bridgehead atoms. The van der Waals surface area contributed by atoms with E-state index >= 15 is 0 Å². The Balaban J connectivity index is 1.78. The van der Waals surface area contributed by atoms with Crippen LogP contribution in [-0.2, 0) is 0 Å². The molecule has 1 aliphatic heterocycles. The Labute approximate surface area is 149 Å². The maximum atomic E-state index is 9.67. The lowest BCUT2D eigenvalue weighted by Gasteiger charge is -2.32. The van der Waals surface area contributed by atoms with Gasteiger partial charge in [0.2, 0.25) is 0 Å². The maximum Gasteiger partial charge on any atom is 0.101 e. The molecule has 2 N–H and O–H groups in total. The number of benzene rings is 2. The number of hydrogen-bond donors (Lipinski definition) is 2. The van der Waals surface area contributed by atoms with E-state index in [0.29, 0.717) is 5.56 Å². The van der Waals surface area contributed by atoms with E-state index in [2.05, 4.69) is 48.3 Å². The van der Waals surface area contributed by atoms with Crippen LogP contribution in [0, 0.1) is 18.3 Å². The van der Waals surface area contributed by atoms with Gasteiger partial charge in [-0.15, -0.1) is 0 Å². The van der Waals surface area contributed by atoms with Crippen LogP contribution in [-0.4, -0.2) is 24.3 Å². The monoisotopic (exact) mass is 335 g/mol. The van der Waals surface area contributed by atoms with Gasteiger partial charge in [0.25, 0.3) is 0 Å². The molecule has 2 aromatic rings. The van der Waals surface area contributed by atoms with Crippen molar-refractivity contribution in [3.63, 3.8) is 0 Å². The van der Waals surface area contributed by atoms with Crippen LogP contribution in [0.5, 0.6) is 0 Å². The van der Waals surface area contributed by atoms with Crippen LogP contribution in [0.1, 0.15) is 42.5 Å². The molecule has 0 aliphatic carbocycles. The molecule has 1 unspecified atom stereocenters. The molecule has 1 atom stereocenters.